The van der Waals surface area contributed by atoms with E-state index in [0.29, 0.717) is 21.3 Å². The third-order valence-electron chi connectivity index (χ3n) is 5.40. The Balaban J connectivity index is 1.59. The molecule has 1 aliphatic carbocycles. The lowest BCUT2D eigenvalue weighted by molar-refractivity contribution is -0.154. The van der Waals surface area contributed by atoms with Crippen LogP contribution in [0.25, 0.3) is 0 Å². The van der Waals surface area contributed by atoms with Gasteiger partial charge in [0.05, 0.1) is 12.2 Å². The Morgan fingerprint density at radius 1 is 1.31 bits per heavy atom. The van der Waals surface area contributed by atoms with Crippen molar-refractivity contribution in [1.82, 2.24) is 15.6 Å². The lowest BCUT2D eigenvalue weighted by Gasteiger charge is -2.44. The summed E-state index contributed by atoms with van der Waals surface area (Å²) in [6.45, 7) is 0.123. The van der Waals surface area contributed by atoms with E-state index in [4.69, 9.17) is 27.9 Å². The number of amides is 2. The second-order valence-electron chi connectivity index (χ2n) is 7.18. The van der Waals surface area contributed by atoms with E-state index in [1.165, 1.54) is 12.3 Å². The monoisotopic (exact) mass is 437 g/mol. The fourth-order valence-electron chi connectivity index (χ4n) is 3.79. The zero-order valence-electron chi connectivity index (χ0n) is 15.3. The molecule has 29 heavy (non-hydrogen) atoms. The Bertz CT molecular complexity index is 977. The van der Waals surface area contributed by atoms with Crippen LogP contribution < -0.4 is 10.6 Å². The zero-order chi connectivity index (χ0) is 20.6. The van der Waals surface area contributed by atoms with E-state index in [1.54, 1.807) is 24.3 Å². The minimum Gasteiger partial charge on any atom is -0.357 e. The summed E-state index contributed by atoms with van der Waals surface area (Å²) in [5.74, 6) is -1.00. The van der Waals surface area contributed by atoms with Gasteiger partial charge >= 0.3 is 0 Å². The van der Waals surface area contributed by atoms with Crippen molar-refractivity contribution in [3.8, 4) is 0 Å². The number of hydrogen-bond donors (Lipinski definition) is 2. The number of nitrogens with zero attached hydrogens (tertiary/aromatic N) is 1. The molecule has 1 aromatic heterocycles. The van der Waals surface area contributed by atoms with Gasteiger partial charge in [-0.2, -0.15) is 0 Å². The van der Waals surface area contributed by atoms with Gasteiger partial charge in [0.2, 0.25) is 11.6 Å². The number of benzene rings is 1. The van der Waals surface area contributed by atoms with E-state index in [1.807, 2.05) is 0 Å². The van der Waals surface area contributed by atoms with Gasteiger partial charge in [0.15, 0.2) is 0 Å². The molecule has 1 aromatic carbocycles. The van der Waals surface area contributed by atoms with Crippen molar-refractivity contribution in [2.75, 3.05) is 13.2 Å². The normalized spacial score (nSPS) is 26.0. The van der Waals surface area contributed by atoms with Crippen LogP contribution in [0.4, 0.5) is 4.39 Å². The van der Waals surface area contributed by atoms with Crippen LogP contribution in [0.1, 0.15) is 29.7 Å². The maximum atomic E-state index is 16.0. The number of carbonyl (C=O) groups is 2. The smallest absolute Gasteiger partial charge is 0.262 e. The zero-order valence-corrected chi connectivity index (χ0v) is 16.8. The Kier molecular flexibility index (Phi) is 5.23. The van der Waals surface area contributed by atoms with Crippen LogP contribution in [0, 0.1) is 0 Å². The summed E-state index contributed by atoms with van der Waals surface area (Å²) in [6.07, 6.45) is 1.64. The molecule has 2 aliphatic rings. The quantitative estimate of drug-likeness (QED) is 0.773. The minimum absolute atomic E-state index is 0.0633. The third-order valence-corrected chi connectivity index (χ3v) is 5.99. The number of alkyl halides is 1. The van der Waals surface area contributed by atoms with E-state index in [-0.39, 0.29) is 44.0 Å². The average Bonchev–Trinajstić information content (AvgIpc) is 2.72. The molecular formula is C20H18Cl2FN3O3. The van der Waals surface area contributed by atoms with E-state index < -0.39 is 17.2 Å². The molecule has 1 spiro atoms. The summed E-state index contributed by atoms with van der Waals surface area (Å²) >= 11 is 12.0. The Morgan fingerprint density at radius 2 is 2.14 bits per heavy atom. The molecular weight excluding hydrogens is 420 g/mol. The molecule has 0 bridgehead atoms. The highest BCUT2D eigenvalue weighted by Crippen LogP contribution is 2.47. The second-order valence-corrected chi connectivity index (χ2v) is 8.02. The number of carbonyl (C=O) groups excluding carboxylic acids is 2. The maximum absolute atomic E-state index is 16.0. The van der Waals surface area contributed by atoms with Crippen molar-refractivity contribution in [1.29, 1.82) is 0 Å². The fraction of sp³-hybridized carbons (Fsp3) is 0.350. The molecule has 0 saturated carbocycles. The van der Waals surface area contributed by atoms with Crippen molar-refractivity contribution in [2.24, 2.45) is 0 Å². The van der Waals surface area contributed by atoms with Gasteiger partial charge in [-0.25, -0.2) is 4.39 Å². The van der Waals surface area contributed by atoms with Gasteiger partial charge in [0.1, 0.15) is 12.2 Å². The van der Waals surface area contributed by atoms with Crippen LogP contribution >= 0.6 is 23.2 Å². The summed E-state index contributed by atoms with van der Waals surface area (Å²) in [5, 5.41) is 6.24. The number of pyridine rings is 1. The predicted molar refractivity (Wildman–Crippen MR) is 105 cm³/mol. The number of nitrogens with one attached hydrogen (secondary N) is 2. The summed E-state index contributed by atoms with van der Waals surface area (Å²) in [7, 11) is 0. The van der Waals surface area contributed by atoms with Gasteiger partial charge < -0.3 is 15.4 Å². The van der Waals surface area contributed by atoms with Crippen molar-refractivity contribution in [3.63, 3.8) is 0 Å². The standard InChI is InChI=1S/C20H18Cl2FN3O3/c21-13-4-3-12(15(22)8-13)9-25-18(28)20(23)6-5-19(11-26-16(27)10-29-19)17-14(20)2-1-7-24-17/h1-4,7-8H,5-6,9-11H2,(H,25,28)(H,26,27)/t19-,20-/m0/s1. The highest BCUT2D eigenvalue weighted by molar-refractivity contribution is 6.35. The van der Waals surface area contributed by atoms with Gasteiger partial charge in [0.25, 0.3) is 5.91 Å². The SMILES string of the molecule is O=C1CO[C@@]2(CC[C@@](F)(C(=O)NCc3ccc(Cl)cc3Cl)c3cccnc32)CN1. The van der Waals surface area contributed by atoms with E-state index in [0.717, 1.165) is 0 Å². The topological polar surface area (TPSA) is 80.3 Å². The molecule has 2 heterocycles. The molecule has 9 heteroatoms. The molecule has 1 fully saturated rings. The molecule has 1 aliphatic heterocycles. The molecule has 0 radical (unpaired) electrons. The first-order valence-electron chi connectivity index (χ1n) is 9.12. The van der Waals surface area contributed by atoms with Gasteiger partial charge in [-0.1, -0.05) is 35.3 Å². The van der Waals surface area contributed by atoms with E-state index in [2.05, 4.69) is 15.6 Å². The van der Waals surface area contributed by atoms with Crippen LogP contribution in [0.2, 0.25) is 10.0 Å². The van der Waals surface area contributed by atoms with E-state index >= 15 is 4.39 Å². The van der Waals surface area contributed by atoms with Crippen LogP contribution in [0.3, 0.4) is 0 Å². The highest BCUT2D eigenvalue weighted by Gasteiger charge is 2.54. The predicted octanol–water partition coefficient (Wildman–Crippen LogP) is 3.01. The number of rotatable bonds is 3. The molecule has 4 rings (SSSR count). The highest BCUT2D eigenvalue weighted by atomic mass is 35.5. The van der Waals surface area contributed by atoms with E-state index in [9.17, 15) is 9.59 Å². The lowest BCUT2D eigenvalue weighted by Crippen LogP contribution is -2.56. The number of halogens is 3. The fourth-order valence-corrected chi connectivity index (χ4v) is 4.27. The molecule has 2 N–H and O–H groups in total. The molecule has 0 unspecified atom stereocenters. The van der Waals surface area contributed by atoms with Crippen molar-refractivity contribution in [3.05, 3.63) is 63.4 Å². The van der Waals surface area contributed by atoms with Crippen molar-refractivity contribution in [2.45, 2.75) is 30.7 Å². The third kappa shape index (κ3) is 3.58. The summed E-state index contributed by atoms with van der Waals surface area (Å²) in [4.78, 5) is 28.7. The number of ether oxygens (including phenoxy) is 1. The van der Waals surface area contributed by atoms with Gasteiger partial charge in [-0.15, -0.1) is 0 Å². The van der Waals surface area contributed by atoms with Gasteiger partial charge in [-0.05, 0) is 36.6 Å². The number of fused-ring (bicyclic) bond motifs is 2. The number of morpholine rings is 1. The largest absolute Gasteiger partial charge is 0.357 e. The Labute approximate surface area is 176 Å². The summed E-state index contributed by atoms with van der Waals surface area (Å²) < 4.78 is 21.8. The Hall–Kier alpha value is -2.22. The molecule has 2 amide bonds. The Morgan fingerprint density at radius 3 is 2.86 bits per heavy atom. The summed E-state index contributed by atoms with van der Waals surface area (Å²) in [6, 6.07) is 8.01. The van der Waals surface area contributed by atoms with Gasteiger partial charge in [-0.3, -0.25) is 14.6 Å². The van der Waals surface area contributed by atoms with Crippen LogP contribution in [0.5, 0.6) is 0 Å². The number of aromatic nitrogens is 1. The van der Waals surface area contributed by atoms with Crippen LogP contribution in [-0.2, 0) is 32.1 Å². The van der Waals surface area contributed by atoms with Crippen LogP contribution in [-0.4, -0.2) is 29.9 Å². The minimum atomic E-state index is -2.27. The molecule has 152 valence electrons. The van der Waals surface area contributed by atoms with Crippen LogP contribution in [0.15, 0.2) is 36.5 Å². The molecule has 6 nitrogen and oxygen atoms in total. The van der Waals surface area contributed by atoms with Crippen molar-refractivity contribution >= 4 is 35.0 Å². The average molecular weight is 438 g/mol. The molecule has 2 atom stereocenters. The second kappa shape index (κ2) is 7.55. The summed E-state index contributed by atoms with van der Waals surface area (Å²) in [5.41, 5.74) is -2.07. The number of hydrogen-bond acceptors (Lipinski definition) is 4. The maximum Gasteiger partial charge on any atom is 0.262 e. The molecule has 1 saturated heterocycles. The van der Waals surface area contributed by atoms with Gasteiger partial charge in [0, 0.05) is 28.4 Å². The van der Waals surface area contributed by atoms with Crippen molar-refractivity contribution < 1.29 is 18.7 Å². The molecule has 2 aromatic rings. The lowest BCUT2D eigenvalue weighted by atomic mass is 9.73. The first-order valence-corrected chi connectivity index (χ1v) is 9.87. The first-order chi connectivity index (χ1) is 13.8. The first kappa shape index (κ1) is 20.1.